The van der Waals surface area contributed by atoms with Gasteiger partial charge in [0, 0.05) is 5.92 Å². The van der Waals surface area contributed by atoms with E-state index in [0.717, 1.165) is 6.42 Å². The third-order valence-electron chi connectivity index (χ3n) is 1.62. The van der Waals surface area contributed by atoms with Crippen molar-refractivity contribution in [3.05, 3.63) is 12.3 Å². The molecule has 0 radical (unpaired) electrons. The highest BCUT2D eigenvalue weighted by molar-refractivity contribution is 4.92. The van der Waals surface area contributed by atoms with Gasteiger partial charge in [0.05, 0.1) is 6.26 Å². The predicted molar refractivity (Wildman–Crippen MR) is 33.5 cm³/mol. The molecular weight excluding hydrogens is 100 g/mol. The van der Waals surface area contributed by atoms with Crippen LogP contribution in [-0.2, 0) is 4.74 Å². The minimum absolute atomic E-state index is 0.454. The van der Waals surface area contributed by atoms with Crippen molar-refractivity contribution >= 4 is 0 Å². The molecule has 0 aliphatic carbocycles. The molecule has 0 amide bonds. The summed E-state index contributed by atoms with van der Waals surface area (Å²) in [5, 5.41) is 0. The van der Waals surface area contributed by atoms with Crippen molar-refractivity contribution in [2.45, 2.75) is 26.4 Å². The summed E-state index contributed by atoms with van der Waals surface area (Å²) in [7, 11) is 0. The van der Waals surface area contributed by atoms with E-state index in [9.17, 15) is 0 Å². The average molecular weight is 112 g/mol. The molecule has 2 atom stereocenters. The van der Waals surface area contributed by atoms with Gasteiger partial charge in [0.2, 0.25) is 0 Å². The van der Waals surface area contributed by atoms with Crippen molar-refractivity contribution < 1.29 is 4.74 Å². The highest BCUT2D eigenvalue weighted by Gasteiger charge is 2.16. The van der Waals surface area contributed by atoms with Gasteiger partial charge in [0.15, 0.2) is 0 Å². The smallest absolute Gasteiger partial charge is 0.104 e. The largest absolute Gasteiger partial charge is 0.498 e. The topological polar surface area (TPSA) is 9.23 Å². The summed E-state index contributed by atoms with van der Waals surface area (Å²) in [5.41, 5.74) is 0. The monoisotopic (exact) mass is 112 g/mol. The van der Waals surface area contributed by atoms with Crippen LogP contribution in [0.2, 0.25) is 0 Å². The lowest BCUT2D eigenvalue weighted by Crippen LogP contribution is -2.11. The van der Waals surface area contributed by atoms with Gasteiger partial charge in [0.25, 0.3) is 0 Å². The van der Waals surface area contributed by atoms with Gasteiger partial charge in [-0.1, -0.05) is 13.8 Å². The van der Waals surface area contributed by atoms with E-state index >= 15 is 0 Å². The van der Waals surface area contributed by atoms with Gasteiger partial charge in [0.1, 0.15) is 6.10 Å². The first kappa shape index (κ1) is 5.67. The molecule has 0 saturated heterocycles. The molecule has 1 heteroatoms. The molecule has 1 rings (SSSR count). The highest BCUT2D eigenvalue weighted by atomic mass is 16.5. The molecule has 0 aromatic heterocycles. The Bertz CT molecular complexity index is 96.6. The SMILES string of the molecule is CCC1OC=CC1C. The third kappa shape index (κ3) is 0.857. The number of hydrogen-bond donors (Lipinski definition) is 0. The van der Waals surface area contributed by atoms with E-state index in [1.807, 2.05) is 0 Å². The fourth-order valence-corrected chi connectivity index (χ4v) is 0.986. The molecule has 46 valence electrons. The zero-order chi connectivity index (χ0) is 5.98. The molecule has 0 saturated carbocycles. The zero-order valence-electron chi connectivity index (χ0n) is 5.42. The first-order valence-corrected chi connectivity index (χ1v) is 3.16. The van der Waals surface area contributed by atoms with E-state index in [0.29, 0.717) is 12.0 Å². The maximum absolute atomic E-state index is 5.23. The fourth-order valence-electron chi connectivity index (χ4n) is 0.986. The van der Waals surface area contributed by atoms with Crippen LogP contribution in [0, 0.1) is 5.92 Å². The first-order chi connectivity index (χ1) is 3.84. The van der Waals surface area contributed by atoms with Crippen LogP contribution in [0.1, 0.15) is 20.3 Å². The quantitative estimate of drug-likeness (QED) is 0.503. The summed E-state index contributed by atoms with van der Waals surface area (Å²) in [5.74, 6) is 0.625. The predicted octanol–water partition coefficient (Wildman–Crippen LogP) is 1.95. The first-order valence-electron chi connectivity index (χ1n) is 3.16. The van der Waals surface area contributed by atoms with Gasteiger partial charge in [-0.2, -0.15) is 0 Å². The van der Waals surface area contributed by atoms with E-state index in [1.165, 1.54) is 0 Å². The molecule has 0 bridgehead atoms. The van der Waals surface area contributed by atoms with Crippen LogP contribution in [0.3, 0.4) is 0 Å². The normalized spacial score (nSPS) is 35.2. The summed E-state index contributed by atoms with van der Waals surface area (Å²) in [6.07, 6.45) is 5.48. The minimum Gasteiger partial charge on any atom is -0.498 e. The molecule has 0 aromatic carbocycles. The summed E-state index contributed by atoms with van der Waals surface area (Å²) in [6.45, 7) is 4.33. The maximum atomic E-state index is 5.23. The summed E-state index contributed by atoms with van der Waals surface area (Å²) >= 11 is 0. The molecule has 1 aliphatic rings. The fraction of sp³-hybridized carbons (Fsp3) is 0.714. The maximum Gasteiger partial charge on any atom is 0.104 e. The minimum atomic E-state index is 0.454. The summed E-state index contributed by atoms with van der Waals surface area (Å²) < 4.78 is 5.23. The van der Waals surface area contributed by atoms with Crippen molar-refractivity contribution in [2.75, 3.05) is 0 Å². The second-order valence-corrected chi connectivity index (χ2v) is 2.27. The molecular formula is C7H12O. The lowest BCUT2D eigenvalue weighted by atomic mass is 10.1. The lowest BCUT2D eigenvalue weighted by molar-refractivity contribution is 0.136. The van der Waals surface area contributed by atoms with E-state index < -0.39 is 0 Å². The Balaban J connectivity index is 2.38. The van der Waals surface area contributed by atoms with Crippen molar-refractivity contribution in [2.24, 2.45) is 5.92 Å². The Kier molecular flexibility index (Phi) is 1.56. The van der Waals surface area contributed by atoms with Gasteiger partial charge in [-0.3, -0.25) is 0 Å². The van der Waals surface area contributed by atoms with E-state index in [1.54, 1.807) is 6.26 Å². The van der Waals surface area contributed by atoms with E-state index in [4.69, 9.17) is 4.74 Å². The molecule has 2 unspecified atom stereocenters. The molecule has 1 aliphatic heterocycles. The second kappa shape index (κ2) is 2.21. The molecule has 1 nitrogen and oxygen atoms in total. The van der Waals surface area contributed by atoms with Crippen LogP contribution < -0.4 is 0 Å². The van der Waals surface area contributed by atoms with Gasteiger partial charge >= 0.3 is 0 Å². The Hall–Kier alpha value is -0.460. The molecule has 8 heavy (non-hydrogen) atoms. The summed E-state index contributed by atoms with van der Waals surface area (Å²) in [6, 6.07) is 0. The second-order valence-electron chi connectivity index (χ2n) is 2.27. The molecule has 0 spiro atoms. The number of rotatable bonds is 1. The standard InChI is InChI=1S/C7H12O/c1-3-7-6(2)4-5-8-7/h4-7H,3H2,1-2H3. The molecule has 1 heterocycles. The van der Waals surface area contributed by atoms with Gasteiger partial charge in [-0.05, 0) is 12.5 Å². The van der Waals surface area contributed by atoms with E-state index in [2.05, 4.69) is 19.9 Å². The molecule has 0 fully saturated rings. The van der Waals surface area contributed by atoms with Crippen molar-refractivity contribution in [3.8, 4) is 0 Å². The van der Waals surface area contributed by atoms with Crippen LogP contribution in [0.15, 0.2) is 12.3 Å². The average Bonchev–Trinajstić information content (AvgIpc) is 2.14. The third-order valence-corrected chi connectivity index (χ3v) is 1.62. The van der Waals surface area contributed by atoms with Gasteiger partial charge in [-0.25, -0.2) is 0 Å². The van der Waals surface area contributed by atoms with Crippen LogP contribution in [0.25, 0.3) is 0 Å². The highest BCUT2D eigenvalue weighted by Crippen LogP contribution is 2.18. The Morgan fingerprint density at radius 1 is 1.62 bits per heavy atom. The molecule has 0 N–H and O–H groups in total. The Morgan fingerprint density at radius 3 is 2.62 bits per heavy atom. The number of ether oxygens (including phenoxy) is 1. The van der Waals surface area contributed by atoms with Crippen LogP contribution in [-0.4, -0.2) is 6.10 Å². The van der Waals surface area contributed by atoms with Crippen LogP contribution in [0.5, 0.6) is 0 Å². The summed E-state index contributed by atoms with van der Waals surface area (Å²) in [4.78, 5) is 0. The van der Waals surface area contributed by atoms with Crippen molar-refractivity contribution in [1.82, 2.24) is 0 Å². The van der Waals surface area contributed by atoms with Crippen LogP contribution >= 0.6 is 0 Å². The van der Waals surface area contributed by atoms with E-state index in [-0.39, 0.29) is 0 Å². The van der Waals surface area contributed by atoms with Gasteiger partial charge < -0.3 is 4.74 Å². The Labute approximate surface area is 50.3 Å². The van der Waals surface area contributed by atoms with Crippen LogP contribution in [0.4, 0.5) is 0 Å². The van der Waals surface area contributed by atoms with Crippen molar-refractivity contribution in [1.29, 1.82) is 0 Å². The zero-order valence-corrected chi connectivity index (χ0v) is 5.42. The Morgan fingerprint density at radius 2 is 2.38 bits per heavy atom. The lowest BCUT2D eigenvalue weighted by Gasteiger charge is -2.10. The van der Waals surface area contributed by atoms with Gasteiger partial charge in [-0.15, -0.1) is 0 Å². The van der Waals surface area contributed by atoms with Crippen molar-refractivity contribution in [3.63, 3.8) is 0 Å². The molecule has 0 aromatic rings. The number of hydrogen-bond acceptors (Lipinski definition) is 1.